The molecule has 8 aromatic rings. The summed E-state index contributed by atoms with van der Waals surface area (Å²) in [5.41, 5.74) is 0.379. The van der Waals surface area contributed by atoms with E-state index in [-0.39, 0.29) is 79.0 Å². The third-order valence-corrected chi connectivity index (χ3v) is 8.64. The zero-order chi connectivity index (χ0) is 45.1. The van der Waals surface area contributed by atoms with Crippen LogP contribution in [0.2, 0.25) is 0 Å². The molecular formula is C41H29Al2F5N6O2Pt. The minimum atomic E-state index is -4.59. The van der Waals surface area contributed by atoms with E-state index in [1.54, 1.807) is 36.5 Å². The Labute approximate surface area is 364 Å². The molecule has 3 aromatic carbocycles. The van der Waals surface area contributed by atoms with E-state index < -0.39 is 41.1 Å². The predicted octanol–water partition coefficient (Wildman–Crippen LogP) is 8.41. The number of nitrogens with zero attached hydrogens (tertiary/aromatic N) is 6. The van der Waals surface area contributed by atoms with Gasteiger partial charge in [-0.1, -0.05) is 78.4 Å². The zero-order valence-corrected chi connectivity index (χ0v) is 34.9. The van der Waals surface area contributed by atoms with Crippen molar-refractivity contribution in [3.63, 3.8) is 0 Å². The number of benzene rings is 3. The van der Waals surface area contributed by atoms with Gasteiger partial charge in [-0.15, -0.1) is 18.2 Å². The van der Waals surface area contributed by atoms with Crippen molar-refractivity contribution in [2.45, 2.75) is 25.4 Å². The topological polar surface area (TPSA) is 87.8 Å². The standard InChI is InChI=1S/C23H15F5N4.2C9H7NO.2Al.Pt.2H/c1-22(2,18-6-3-5-17(29-18)15-10-9-14(24)13-16(15)25)19-7-4-8-21(30-19)32-12-11-20(31-32)23(26,27)28;2*11-8-5-1-3-7-4-2-6-10-9(7)8;;;;;/h3-9,11,13H,1-2H3;2*1-6,11H;;;;;/q-2;;;2*+1;+2;;/p-2/i;1D,2D,3D,4D,5D,6D;;;;;;. The molecular weight excluding hydrogens is 953 g/mol. The fourth-order valence-corrected chi connectivity index (χ4v) is 5.62. The Balaban J connectivity index is 0.000000202. The SMILES string of the molecule is CC(C)(c1cccc(-c2[c-]cc(F)cc2F)n1)c1cccc(-n2[c-]cc(C(F)(F)F)n2)n1.[2H]c1nc2c([O][AlH])c([2H])c([2H])c([2H])c2c([2H])c1[2H].[AlH][O]c1cccc2cccnc12.[Pt+2]. The van der Waals surface area contributed by atoms with Gasteiger partial charge < -0.3 is 17.2 Å². The largest absolute Gasteiger partial charge is 2.00 e. The van der Waals surface area contributed by atoms with E-state index in [1.165, 1.54) is 22.7 Å². The minimum Gasteiger partial charge on any atom is -0.649 e. The molecule has 286 valence electrons. The second-order valence-corrected chi connectivity index (χ2v) is 12.6. The minimum absolute atomic E-state index is 0. The quantitative estimate of drug-likeness (QED) is 0.0941. The maximum absolute atomic E-state index is 14.2. The van der Waals surface area contributed by atoms with Gasteiger partial charge >= 0.3 is 60.5 Å². The Morgan fingerprint density at radius 1 is 0.754 bits per heavy atom. The van der Waals surface area contributed by atoms with E-state index in [1.807, 2.05) is 44.2 Å². The van der Waals surface area contributed by atoms with E-state index in [2.05, 4.69) is 37.3 Å². The Hall–Kier alpha value is -5.01. The van der Waals surface area contributed by atoms with Gasteiger partial charge in [0.15, 0.2) is 0 Å². The Kier molecular flexibility index (Phi) is 11.7. The molecule has 8 rings (SSSR count). The van der Waals surface area contributed by atoms with Crippen LogP contribution in [0.25, 0.3) is 38.9 Å². The van der Waals surface area contributed by atoms with Crippen molar-refractivity contribution in [3.05, 3.63) is 168 Å². The summed E-state index contributed by atoms with van der Waals surface area (Å²) in [6.45, 7) is 3.65. The molecule has 0 bridgehead atoms. The number of para-hydroxylation sites is 2. The predicted molar refractivity (Wildman–Crippen MR) is 205 cm³/mol. The van der Waals surface area contributed by atoms with E-state index in [0.29, 0.717) is 11.4 Å². The van der Waals surface area contributed by atoms with E-state index >= 15 is 0 Å². The molecule has 0 amide bonds. The van der Waals surface area contributed by atoms with Crippen LogP contribution in [0, 0.1) is 23.9 Å². The molecule has 2 radical (unpaired) electrons. The van der Waals surface area contributed by atoms with Crippen molar-refractivity contribution < 1.29 is 58.8 Å². The first kappa shape index (κ1) is 35.2. The summed E-state index contributed by atoms with van der Waals surface area (Å²) in [4.78, 5) is 17.0. The van der Waals surface area contributed by atoms with E-state index in [9.17, 15) is 22.0 Å². The molecule has 5 heterocycles. The van der Waals surface area contributed by atoms with Crippen LogP contribution in [0.5, 0.6) is 11.5 Å². The van der Waals surface area contributed by atoms with Crippen molar-refractivity contribution in [3.8, 4) is 28.6 Å². The van der Waals surface area contributed by atoms with E-state index in [0.717, 1.165) is 56.2 Å². The summed E-state index contributed by atoms with van der Waals surface area (Å²) in [6, 6.07) is 23.0. The summed E-state index contributed by atoms with van der Waals surface area (Å²) in [7, 11) is 0. The van der Waals surface area contributed by atoms with Gasteiger partial charge in [0.2, 0.25) is 0 Å². The molecule has 0 unspecified atom stereocenters. The van der Waals surface area contributed by atoms with Gasteiger partial charge in [-0.2, -0.15) is 13.2 Å². The number of hydrogen-bond acceptors (Lipinski definition) is 7. The molecule has 0 saturated carbocycles. The molecule has 0 fully saturated rings. The normalized spacial score (nSPS) is 12.5. The third kappa shape index (κ3) is 10.3. The van der Waals surface area contributed by atoms with Gasteiger partial charge in [0.25, 0.3) is 0 Å². The molecule has 0 saturated heterocycles. The van der Waals surface area contributed by atoms with Gasteiger partial charge in [0.1, 0.15) is 22.5 Å². The summed E-state index contributed by atoms with van der Waals surface area (Å²) in [5.74, 6) is -0.576. The second kappa shape index (κ2) is 19.0. The first-order valence-electron chi connectivity index (χ1n) is 19.3. The first-order valence-corrected chi connectivity index (χ1v) is 17.4. The van der Waals surface area contributed by atoms with Crippen molar-refractivity contribution in [2.75, 3.05) is 0 Å². The van der Waals surface area contributed by atoms with Gasteiger partial charge in [0.05, 0.1) is 19.7 Å². The number of fused-ring (bicyclic) bond motifs is 2. The number of rotatable bonds is 6. The fourth-order valence-electron chi connectivity index (χ4n) is 5.18. The van der Waals surface area contributed by atoms with Crippen molar-refractivity contribution in [1.82, 2.24) is 29.7 Å². The second-order valence-electron chi connectivity index (χ2n) is 12.0. The molecule has 5 aromatic heterocycles. The molecule has 0 aliphatic heterocycles. The third-order valence-electron chi connectivity index (χ3n) is 8.04. The van der Waals surface area contributed by atoms with Crippen LogP contribution < -0.4 is 7.58 Å². The van der Waals surface area contributed by atoms with Crippen molar-refractivity contribution in [2.24, 2.45) is 0 Å². The van der Waals surface area contributed by atoms with Crippen LogP contribution in [0.3, 0.4) is 0 Å². The average Bonchev–Trinajstić information content (AvgIpc) is 3.77. The number of halogens is 5. The molecule has 57 heavy (non-hydrogen) atoms. The molecule has 0 aliphatic carbocycles. The van der Waals surface area contributed by atoms with Gasteiger partial charge in [-0.25, -0.2) is 0 Å². The van der Waals surface area contributed by atoms with Gasteiger partial charge in [-0.05, 0) is 55.9 Å². The first-order chi connectivity index (χ1) is 29.4. The summed E-state index contributed by atoms with van der Waals surface area (Å²) >= 11 is 2.55. The van der Waals surface area contributed by atoms with Crippen molar-refractivity contribution in [1.29, 1.82) is 0 Å². The molecule has 0 atom stereocenters. The van der Waals surface area contributed by atoms with Gasteiger partial charge in [-0.3, -0.25) is 28.8 Å². The van der Waals surface area contributed by atoms with Crippen LogP contribution >= 0.6 is 0 Å². The number of pyridine rings is 4. The summed E-state index contributed by atoms with van der Waals surface area (Å²) in [5, 5.41) is 4.58. The van der Waals surface area contributed by atoms with Crippen LogP contribution in [-0.2, 0) is 32.7 Å². The summed E-state index contributed by atoms with van der Waals surface area (Å²) in [6.07, 6.45) is -0.808. The zero-order valence-electron chi connectivity index (χ0n) is 35.8. The van der Waals surface area contributed by atoms with Crippen LogP contribution in [0.15, 0.2) is 128 Å². The Morgan fingerprint density at radius 2 is 1.44 bits per heavy atom. The van der Waals surface area contributed by atoms with Gasteiger partial charge in [0, 0.05) is 51.6 Å². The molecule has 0 N–H and O–H groups in total. The van der Waals surface area contributed by atoms with Crippen LogP contribution in [0.1, 0.15) is 39.2 Å². The fraction of sp³-hybridized carbons (Fsp3) is 0.0976. The number of hydrogen-bond donors (Lipinski definition) is 0. The maximum Gasteiger partial charge on any atom is 2.00 e. The molecule has 0 aliphatic rings. The number of alkyl halides is 3. The van der Waals surface area contributed by atoms with Crippen molar-refractivity contribution >= 4 is 55.1 Å². The maximum atomic E-state index is 14.2. The smallest absolute Gasteiger partial charge is 0.649 e. The van der Waals surface area contributed by atoms with Crippen LogP contribution in [-0.4, -0.2) is 63.0 Å². The van der Waals surface area contributed by atoms with E-state index in [4.69, 9.17) is 15.8 Å². The molecule has 16 heteroatoms. The molecule has 8 nitrogen and oxygen atoms in total. The van der Waals surface area contributed by atoms with Crippen LogP contribution in [0.4, 0.5) is 22.0 Å². The molecule has 0 spiro atoms. The Morgan fingerprint density at radius 3 is 2.16 bits per heavy atom. The summed E-state index contributed by atoms with van der Waals surface area (Å²) < 4.78 is 123. The number of aromatic nitrogens is 6. The monoisotopic (exact) mass is 987 g/mol. The average molecular weight is 988 g/mol. The Bertz CT molecular complexity index is 2940.